The van der Waals surface area contributed by atoms with E-state index in [4.69, 9.17) is 0 Å². The molecule has 5 rings (SSSR count). The van der Waals surface area contributed by atoms with Gasteiger partial charge in [-0.2, -0.15) is 0 Å². The zero-order valence-corrected chi connectivity index (χ0v) is 25.3. The van der Waals surface area contributed by atoms with Gasteiger partial charge in [-0.1, -0.05) is 0 Å². The standard InChI is InChI=1S/C7H7.4C6F5.Al/c1-2-4-6-7-5-3-1;4*7-2-1-3(8)5(10)6(11)4(2)9;/h1-7H;;;;;/q+1;;;;;-1. The van der Waals surface area contributed by atoms with E-state index in [2.05, 4.69) is 0 Å². The van der Waals surface area contributed by atoms with Gasteiger partial charge in [-0.15, -0.1) is 17.7 Å². The zero-order chi connectivity index (χ0) is 39.3. The number of hydrogen-bond acceptors (Lipinski definition) is 0. The Balaban J connectivity index is 0.000000771. The smallest absolute Gasteiger partial charge is 0.208 e. The van der Waals surface area contributed by atoms with Gasteiger partial charge in [0.05, 0.1) is 0 Å². The van der Waals surface area contributed by atoms with Crippen LogP contribution in [0.3, 0.4) is 0 Å². The van der Waals surface area contributed by atoms with Crippen LogP contribution in [-0.2, 0) is 0 Å². The van der Waals surface area contributed by atoms with Gasteiger partial charge in [0.1, 0.15) is 46.5 Å². The van der Waals surface area contributed by atoms with Crippen molar-refractivity contribution in [1.82, 2.24) is 0 Å². The van der Waals surface area contributed by atoms with Crippen LogP contribution < -0.4 is 17.7 Å². The predicted molar refractivity (Wildman–Crippen MR) is 140 cm³/mol. The lowest BCUT2D eigenvalue weighted by molar-refractivity contribution is 0.378. The average molecular weight is 786 g/mol. The first-order valence-electron chi connectivity index (χ1n) is 13.3. The first-order chi connectivity index (χ1) is 24.2. The molecule has 0 saturated carbocycles. The molecule has 0 saturated heterocycles. The van der Waals surface area contributed by atoms with Crippen LogP contribution in [-0.4, -0.2) is 13.1 Å². The first kappa shape index (κ1) is 39.9. The van der Waals surface area contributed by atoms with Gasteiger partial charge in [0.25, 0.3) is 0 Å². The fourth-order valence-corrected chi connectivity index (χ4v) is 11.1. The van der Waals surface area contributed by atoms with E-state index in [-0.39, 0.29) is 0 Å². The van der Waals surface area contributed by atoms with Crippen molar-refractivity contribution in [2.45, 2.75) is 0 Å². The molecule has 5 aromatic carbocycles. The normalized spacial score (nSPS) is 11.5. The van der Waals surface area contributed by atoms with Crippen molar-refractivity contribution in [3.8, 4) is 0 Å². The quantitative estimate of drug-likeness (QED) is 0.0574. The minimum atomic E-state index is -9.08. The highest BCUT2D eigenvalue weighted by molar-refractivity contribution is 7.20. The largest absolute Gasteiger partial charge is 0.300 e. The van der Waals surface area contributed by atoms with Crippen molar-refractivity contribution >= 4 is 30.8 Å². The molecule has 0 nitrogen and oxygen atoms in total. The Morgan fingerprint density at radius 3 is 0.558 bits per heavy atom. The van der Waals surface area contributed by atoms with Crippen LogP contribution in [0.25, 0.3) is 0 Å². The Morgan fingerprint density at radius 2 is 0.385 bits per heavy atom. The Hall–Kier alpha value is -4.90. The Kier molecular flexibility index (Phi) is 11.2. The van der Waals surface area contributed by atoms with Crippen LogP contribution in [0, 0.1) is 116 Å². The van der Waals surface area contributed by atoms with Crippen LogP contribution in [0.5, 0.6) is 0 Å². The zero-order valence-electron chi connectivity index (χ0n) is 24.2. The molecule has 0 radical (unpaired) electrons. The van der Waals surface area contributed by atoms with Crippen molar-refractivity contribution in [3.05, 3.63) is 159 Å². The molecule has 0 aliphatic carbocycles. The van der Waals surface area contributed by atoms with E-state index in [1.165, 1.54) is 0 Å². The highest BCUT2D eigenvalue weighted by atomic mass is 27.2. The number of benzene rings is 4. The van der Waals surface area contributed by atoms with Gasteiger partial charge < -0.3 is 0 Å². The van der Waals surface area contributed by atoms with Gasteiger partial charge in [-0.05, 0) is 0 Å². The van der Waals surface area contributed by atoms with E-state index in [9.17, 15) is 52.7 Å². The van der Waals surface area contributed by atoms with E-state index in [0.29, 0.717) is 0 Å². The molecule has 0 heterocycles. The molecule has 0 N–H and O–H groups in total. The second kappa shape index (κ2) is 14.6. The molecule has 0 aromatic heterocycles. The number of halogens is 20. The van der Waals surface area contributed by atoms with Crippen molar-refractivity contribution in [2.75, 3.05) is 0 Å². The van der Waals surface area contributed by atoms with Crippen LogP contribution in [0.15, 0.2) is 42.5 Å². The molecule has 5 aromatic rings. The molecule has 0 atom stereocenters. The summed E-state index contributed by atoms with van der Waals surface area (Å²) in [5, 5.41) is 0. The lowest BCUT2D eigenvalue weighted by atomic mass is 10.2. The van der Waals surface area contributed by atoms with E-state index >= 15 is 35.1 Å². The third kappa shape index (κ3) is 5.88. The molecule has 0 unspecified atom stereocenters. The summed E-state index contributed by atoms with van der Waals surface area (Å²) in [6.45, 7) is 0. The fourth-order valence-electron chi connectivity index (χ4n) is 5.32. The molecule has 0 spiro atoms. The maximum Gasteiger partial charge on any atom is 0.300 e. The fraction of sp³-hybridized carbons (Fsp3) is 0. The lowest BCUT2D eigenvalue weighted by Gasteiger charge is -2.42. The minimum absolute atomic E-state index is 2.00. The first-order valence-corrected chi connectivity index (χ1v) is 15.6. The molecule has 0 amide bonds. The number of hydrogen-bond donors (Lipinski definition) is 0. The van der Waals surface area contributed by atoms with E-state index in [1.54, 1.807) is 0 Å². The topological polar surface area (TPSA) is 0 Å². The van der Waals surface area contributed by atoms with Gasteiger partial charge in [0.15, 0.2) is 69.8 Å². The maximum atomic E-state index is 15.4. The Labute approximate surface area is 277 Å². The van der Waals surface area contributed by atoms with Crippen molar-refractivity contribution in [1.29, 1.82) is 0 Å². The summed E-state index contributed by atoms with van der Waals surface area (Å²) in [5.41, 5.74) is 0. The molecular weight excluding hydrogens is 779 g/mol. The highest BCUT2D eigenvalue weighted by Gasteiger charge is 2.55. The molecule has 274 valence electrons. The summed E-state index contributed by atoms with van der Waals surface area (Å²) in [5.74, 6) is -70.8. The van der Waals surface area contributed by atoms with Crippen molar-refractivity contribution in [3.63, 3.8) is 0 Å². The van der Waals surface area contributed by atoms with E-state index < -0.39 is 147 Å². The molecular formula is C31H7AlF20. The Bertz CT molecular complexity index is 1830. The van der Waals surface area contributed by atoms with Crippen molar-refractivity contribution in [2.24, 2.45) is 0 Å². The SMILES string of the molecule is Fc1c(F)c(F)[c]([Al-]([c]2c(F)c(F)c(F)c(F)c2F)([c]2c(F)c(F)c(F)c(F)c2F)[c]2c(F)c(F)c(F)c(F)c2F)c(F)c1F.c1ccc[cH+]cc1. The van der Waals surface area contributed by atoms with Crippen molar-refractivity contribution < 1.29 is 87.8 Å². The maximum absolute atomic E-state index is 15.4. The van der Waals surface area contributed by atoms with Crippen LogP contribution in [0.2, 0.25) is 0 Å². The summed E-state index contributed by atoms with van der Waals surface area (Å²) in [7, 11) is 0. The molecule has 0 aliphatic heterocycles. The van der Waals surface area contributed by atoms with Crippen LogP contribution >= 0.6 is 0 Å². The summed E-state index contributed by atoms with van der Waals surface area (Å²) >= 11 is -9.08. The molecule has 0 aliphatic rings. The monoisotopic (exact) mass is 786 g/mol. The van der Waals surface area contributed by atoms with Crippen LogP contribution in [0.1, 0.15) is 0 Å². The summed E-state index contributed by atoms with van der Waals surface area (Å²) < 4.78 is 280. The highest BCUT2D eigenvalue weighted by Crippen LogP contribution is 2.30. The average Bonchev–Trinajstić information content (AvgIpc) is 3.45. The number of rotatable bonds is 4. The lowest BCUT2D eigenvalue weighted by Crippen LogP contribution is -2.81. The molecule has 0 fully saturated rings. The van der Waals surface area contributed by atoms with Gasteiger partial charge in [-0.3, -0.25) is 0 Å². The molecule has 52 heavy (non-hydrogen) atoms. The minimum Gasteiger partial charge on any atom is -0.208 e. The van der Waals surface area contributed by atoms with E-state index in [1.807, 2.05) is 42.5 Å². The van der Waals surface area contributed by atoms with Gasteiger partial charge in [-0.25, -0.2) is 87.8 Å². The van der Waals surface area contributed by atoms with Crippen LogP contribution in [0.4, 0.5) is 87.8 Å². The molecule has 0 bridgehead atoms. The summed E-state index contributed by atoms with van der Waals surface area (Å²) in [4.78, 5) is 0. The predicted octanol–water partition coefficient (Wildman–Crippen LogP) is 7.81. The second-order valence-corrected chi connectivity index (χ2v) is 14.2. The molecule has 21 heteroatoms. The van der Waals surface area contributed by atoms with E-state index in [0.717, 1.165) is 0 Å². The summed E-state index contributed by atoms with van der Waals surface area (Å²) in [6, 6.07) is 14.0. The Morgan fingerprint density at radius 1 is 0.231 bits per heavy atom. The van der Waals surface area contributed by atoms with Gasteiger partial charge in [0.2, 0.25) is 0 Å². The third-order valence-corrected chi connectivity index (χ3v) is 13.0. The van der Waals surface area contributed by atoms with Gasteiger partial charge in [0, 0.05) is 42.5 Å². The third-order valence-electron chi connectivity index (χ3n) is 7.48. The second-order valence-electron chi connectivity index (χ2n) is 10.1. The summed E-state index contributed by atoms with van der Waals surface area (Å²) in [6.07, 6.45) is 0. The van der Waals surface area contributed by atoms with Gasteiger partial charge >= 0.3 is 13.1 Å².